The van der Waals surface area contributed by atoms with Crippen LogP contribution in [0.25, 0.3) is 17.2 Å². The van der Waals surface area contributed by atoms with Crippen molar-refractivity contribution in [3.8, 4) is 11.1 Å². The van der Waals surface area contributed by atoms with E-state index in [9.17, 15) is 14.0 Å². The molecule has 21 heavy (non-hydrogen) atoms. The van der Waals surface area contributed by atoms with E-state index >= 15 is 0 Å². The van der Waals surface area contributed by atoms with Gasteiger partial charge >= 0.3 is 5.97 Å². The van der Waals surface area contributed by atoms with Crippen molar-refractivity contribution in [2.24, 2.45) is 5.73 Å². The predicted octanol–water partition coefficient (Wildman–Crippen LogP) is 2.69. The SMILES string of the molecule is NC(=O)c1ccc(C=CC(=O)O)c(-c2ccc(F)cc2)c1. The number of carboxylic acid groups (broad SMARTS) is 1. The first-order chi connectivity index (χ1) is 9.97. The van der Waals surface area contributed by atoms with E-state index in [1.165, 1.54) is 24.3 Å². The Balaban J connectivity index is 2.57. The molecule has 0 fully saturated rings. The molecule has 2 aromatic carbocycles. The molecule has 5 heteroatoms. The molecule has 0 aliphatic heterocycles. The lowest BCUT2D eigenvalue weighted by molar-refractivity contribution is -0.131. The summed E-state index contributed by atoms with van der Waals surface area (Å²) in [4.78, 5) is 21.9. The molecule has 3 N–H and O–H groups in total. The lowest BCUT2D eigenvalue weighted by Crippen LogP contribution is -2.11. The molecule has 4 nitrogen and oxygen atoms in total. The molecule has 1 amide bonds. The number of primary amides is 1. The third kappa shape index (κ3) is 3.54. The maximum Gasteiger partial charge on any atom is 0.328 e. The molecule has 2 aromatic rings. The molecule has 0 aliphatic carbocycles. The minimum Gasteiger partial charge on any atom is -0.478 e. The van der Waals surface area contributed by atoms with Gasteiger partial charge in [0.05, 0.1) is 0 Å². The summed E-state index contributed by atoms with van der Waals surface area (Å²) in [6.45, 7) is 0. The Morgan fingerprint density at radius 2 is 1.76 bits per heavy atom. The number of carbonyl (C=O) groups is 2. The van der Waals surface area contributed by atoms with E-state index in [0.29, 0.717) is 22.3 Å². The molecule has 0 atom stereocenters. The molecule has 0 spiro atoms. The summed E-state index contributed by atoms with van der Waals surface area (Å²) in [6, 6.07) is 10.3. The number of amides is 1. The second-order valence-electron chi connectivity index (χ2n) is 4.34. The van der Waals surface area contributed by atoms with Crippen LogP contribution < -0.4 is 5.73 Å². The largest absolute Gasteiger partial charge is 0.478 e. The number of carboxylic acids is 1. The van der Waals surface area contributed by atoms with Gasteiger partial charge in [0.25, 0.3) is 0 Å². The summed E-state index contributed by atoms with van der Waals surface area (Å²) in [7, 11) is 0. The molecular formula is C16H12FNO3. The highest BCUT2D eigenvalue weighted by molar-refractivity contribution is 5.96. The molecule has 0 heterocycles. The zero-order valence-corrected chi connectivity index (χ0v) is 10.9. The normalized spacial score (nSPS) is 10.7. The molecule has 0 saturated heterocycles. The van der Waals surface area contributed by atoms with E-state index in [1.54, 1.807) is 24.3 Å². The van der Waals surface area contributed by atoms with E-state index in [4.69, 9.17) is 10.8 Å². The van der Waals surface area contributed by atoms with E-state index in [0.717, 1.165) is 6.08 Å². The Hall–Kier alpha value is -2.95. The lowest BCUT2D eigenvalue weighted by Gasteiger charge is -2.08. The zero-order valence-electron chi connectivity index (χ0n) is 10.9. The van der Waals surface area contributed by atoms with E-state index in [1.807, 2.05) is 0 Å². The summed E-state index contributed by atoms with van der Waals surface area (Å²) in [5.74, 6) is -2.06. The molecule has 0 bridgehead atoms. The minimum atomic E-state index is -1.08. The van der Waals surface area contributed by atoms with Gasteiger partial charge < -0.3 is 10.8 Å². The van der Waals surface area contributed by atoms with Gasteiger partial charge in [0.1, 0.15) is 5.82 Å². The fraction of sp³-hybridized carbons (Fsp3) is 0. The zero-order chi connectivity index (χ0) is 15.4. The highest BCUT2D eigenvalue weighted by Gasteiger charge is 2.08. The number of benzene rings is 2. The third-order valence-electron chi connectivity index (χ3n) is 2.90. The van der Waals surface area contributed by atoms with Gasteiger partial charge in [-0.05, 0) is 47.0 Å². The average molecular weight is 285 g/mol. The fourth-order valence-electron chi connectivity index (χ4n) is 1.90. The number of carbonyl (C=O) groups excluding carboxylic acids is 1. The maximum absolute atomic E-state index is 13.0. The number of halogens is 1. The standard InChI is InChI=1S/C16H12FNO3/c17-13-6-3-11(4-7-13)14-9-12(16(18)21)2-1-10(14)5-8-15(19)20/h1-9H,(H2,18,21)(H,19,20). The molecule has 0 unspecified atom stereocenters. The Morgan fingerprint density at radius 1 is 1.10 bits per heavy atom. The Bertz CT molecular complexity index is 721. The number of hydrogen-bond donors (Lipinski definition) is 2. The van der Waals surface area contributed by atoms with Crippen LogP contribution in [-0.4, -0.2) is 17.0 Å². The summed E-state index contributed by atoms with van der Waals surface area (Å²) in [5, 5.41) is 8.70. The first-order valence-electron chi connectivity index (χ1n) is 6.08. The van der Waals surface area contributed by atoms with Crippen molar-refractivity contribution in [1.29, 1.82) is 0 Å². The summed E-state index contributed by atoms with van der Waals surface area (Å²) < 4.78 is 13.0. The van der Waals surface area contributed by atoms with Crippen molar-refractivity contribution in [3.05, 3.63) is 65.5 Å². The fourth-order valence-corrected chi connectivity index (χ4v) is 1.90. The quantitative estimate of drug-likeness (QED) is 0.847. The van der Waals surface area contributed by atoms with Crippen molar-refractivity contribution in [3.63, 3.8) is 0 Å². The molecule has 0 aliphatic rings. The van der Waals surface area contributed by atoms with Crippen LogP contribution >= 0.6 is 0 Å². The minimum absolute atomic E-state index is 0.293. The first-order valence-corrected chi connectivity index (χ1v) is 6.08. The maximum atomic E-state index is 13.0. The lowest BCUT2D eigenvalue weighted by atomic mass is 9.96. The number of hydrogen-bond acceptors (Lipinski definition) is 2. The van der Waals surface area contributed by atoms with Crippen LogP contribution in [0.4, 0.5) is 4.39 Å². The van der Waals surface area contributed by atoms with Crippen molar-refractivity contribution in [2.45, 2.75) is 0 Å². The summed E-state index contributed by atoms with van der Waals surface area (Å²) in [6.07, 6.45) is 2.40. The van der Waals surface area contributed by atoms with Crippen LogP contribution in [0.1, 0.15) is 15.9 Å². The summed E-state index contributed by atoms with van der Waals surface area (Å²) in [5.41, 5.74) is 7.39. The van der Waals surface area contributed by atoms with Crippen molar-refractivity contribution < 1.29 is 19.1 Å². The highest BCUT2D eigenvalue weighted by atomic mass is 19.1. The van der Waals surface area contributed by atoms with E-state index in [2.05, 4.69) is 0 Å². The van der Waals surface area contributed by atoms with Crippen molar-refractivity contribution in [2.75, 3.05) is 0 Å². The molecular weight excluding hydrogens is 273 g/mol. The molecule has 0 saturated carbocycles. The number of aliphatic carboxylic acids is 1. The first kappa shape index (κ1) is 14.5. The van der Waals surface area contributed by atoms with Crippen LogP contribution in [0.2, 0.25) is 0 Å². The van der Waals surface area contributed by atoms with Crippen LogP contribution in [0, 0.1) is 5.82 Å². The van der Waals surface area contributed by atoms with Gasteiger partial charge in [0, 0.05) is 11.6 Å². The molecule has 0 aromatic heterocycles. The second kappa shape index (κ2) is 6.00. The van der Waals surface area contributed by atoms with Gasteiger partial charge in [-0.25, -0.2) is 9.18 Å². The van der Waals surface area contributed by atoms with Crippen molar-refractivity contribution >= 4 is 18.0 Å². The highest BCUT2D eigenvalue weighted by Crippen LogP contribution is 2.26. The topological polar surface area (TPSA) is 80.4 Å². The Kier molecular flexibility index (Phi) is 4.13. The van der Waals surface area contributed by atoms with Gasteiger partial charge in [-0.2, -0.15) is 0 Å². The monoisotopic (exact) mass is 285 g/mol. The van der Waals surface area contributed by atoms with E-state index < -0.39 is 11.9 Å². The van der Waals surface area contributed by atoms with Gasteiger partial charge in [-0.1, -0.05) is 18.2 Å². The van der Waals surface area contributed by atoms with Crippen LogP contribution in [0.15, 0.2) is 48.5 Å². The second-order valence-corrected chi connectivity index (χ2v) is 4.34. The summed E-state index contributed by atoms with van der Waals surface area (Å²) >= 11 is 0. The predicted molar refractivity (Wildman–Crippen MR) is 77.0 cm³/mol. The Morgan fingerprint density at radius 3 is 2.33 bits per heavy atom. The number of rotatable bonds is 4. The van der Waals surface area contributed by atoms with Crippen LogP contribution in [-0.2, 0) is 4.79 Å². The average Bonchev–Trinajstić information content (AvgIpc) is 2.45. The van der Waals surface area contributed by atoms with Gasteiger partial charge in [0.2, 0.25) is 5.91 Å². The smallest absolute Gasteiger partial charge is 0.328 e. The van der Waals surface area contributed by atoms with Crippen LogP contribution in [0.5, 0.6) is 0 Å². The molecule has 2 rings (SSSR count). The van der Waals surface area contributed by atoms with Crippen LogP contribution in [0.3, 0.4) is 0 Å². The van der Waals surface area contributed by atoms with E-state index in [-0.39, 0.29) is 5.82 Å². The number of nitrogens with two attached hydrogens (primary N) is 1. The molecule has 106 valence electrons. The third-order valence-corrected chi connectivity index (χ3v) is 2.90. The van der Waals surface area contributed by atoms with Gasteiger partial charge in [-0.3, -0.25) is 4.79 Å². The Labute approximate surface area is 120 Å². The van der Waals surface area contributed by atoms with Crippen molar-refractivity contribution in [1.82, 2.24) is 0 Å². The molecule has 0 radical (unpaired) electrons. The van der Waals surface area contributed by atoms with Gasteiger partial charge in [0.15, 0.2) is 0 Å². The van der Waals surface area contributed by atoms with Gasteiger partial charge in [-0.15, -0.1) is 0 Å².